The highest BCUT2D eigenvalue weighted by Gasteiger charge is 2.23. The lowest BCUT2D eigenvalue weighted by Crippen LogP contribution is -2.32. The summed E-state index contributed by atoms with van der Waals surface area (Å²) in [4.78, 5) is 0. The van der Waals surface area contributed by atoms with Crippen LogP contribution in [0.2, 0.25) is 10.0 Å². The third-order valence-electron chi connectivity index (χ3n) is 4.05. The SMILES string of the molecule is OCC1CCCCC1CNCc1cccc(Cl)c1Cl. The Bertz CT molecular complexity index is 411. The van der Waals surface area contributed by atoms with Crippen molar-refractivity contribution in [3.05, 3.63) is 33.8 Å². The van der Waals surface area contributed by atoms with Gasteiger partial charge in [0.05, 0.1) is 10.0 Å². The van der Waals surface area contributed by atoms with Crippen LogP contribution in [0.15, 0.2) is 18.2 Å². The molecule has 0 radical (unpaired) electrons. The topological polar surface area (TPSA) is 32.3 Å². The van der Waals surface area contributed by atoms with Gasteiger partial charge < -0.3 is 10.4 Å². The van der Waals surface area contributed by atoms with Crippen LogP contribution in [-0.2, 0) is 6.54 Å². The molecule has 0 amide bonds. The Morgan fingerprint density at radius 1 is 1.16 bits per heavy atom. The summed E-state index contributed by atoms with van der Waals surface area (Å²) in [7, 11) is 0. The molecule has 2 N–H and O–H groups in total. The number of nitrogens with one attached hydrogen (secondary N) is 1. The van der Waals surface area contributed by atoms with E-state index in [1.54, 1.807) is 6.07 Å². The Morgan fingerprint density at radius 3 is 2.63 bits per heavy atom. The predicted molar refractivity (Wildman–Crippen MR) is 80.7 cm³/mol. The fourth-order valence-corrected chi connectivity index (χ4v) is 3.26. The molecule has 2 rings (SSSR count). The van der Waals surface area contributed by atoms with Crippen molar-refractivity contribution in [3.63, 3.8) is 0 Å². The summed E-state index contributed by atoms with van der Waals surface area (Å²) >= 11 is 12.2. The van der Waals surface area contributed by atoms with Gasteiger partial charge in [-0.3, -0.25) is 0 Å². The minimum Gasteiger partial charge on any atom is -0.396 e. The normalized spacial score (nSPS) is 23.5. The predicted octanol–water partition coefficient (Wildman–Crippen LogP) is 3.88. The van der Waals surface area contributed by atoms with Crippen molar-refractivity contribution in [2.75, 3.05) is 13.2 Å². The van der Waals surface area contributed by atoms with Crippen molar-refractivity contribution in [3.8, 4) is 0 Å². The molecule has 1 aromatic rings. The summed E-state index contributed by atoms with van der Waals surface area (Å²) in [5.74, 6) is 1.03. The fourth-order valence-electron chi connectivity index (χ4n) is 2.87. The van der Waals surface area contributed by atoms with E-state index < -0.39 is 0 Å². The average Bonchev–Trinajstić information content (AvgIpc) is 2.44. The van der Waals surface area contributed by atoms with Crippen LogP contribution < -0.4 is 5.32 Å². The van der Waals surface area contributed by atoms with Crippen LogP contribution in [0, 0.1) is 11.8 Å². The van der Waals surface area contributed by atoms with Gasteiger partial charge in [0, 0.05) is 13.2 Å². The van der Waals surface area contributed by atoms with Crippen molar-refractivity contribution in [2.45, 2.75) is 32.2 Å². The number of benzene rings is 1. The molecule has 1 aromatic carbocycles. The number of rotatable bonds is 5. The monoisotopic (exact) mass is 301 g/mol. The zero-order valence-corrected chi connectivity index (χ0v) is 12.6. The third kappa shape index (κ3) is 4.09. The second kappa shape index (κ2) is 7.49. The van der Waals surface area contributed by atoms with Crippen LogP contribution in [0.3, 0.4) is 0 Å². The highest BCUT2D eigenvalue weighted by molar-refractivity contribution is 6.42. The van der Waals surface area contributed by atoms with Crippen LogP contribution in [-0.4, -0.2) is 18.3 Å². The molecule has 2 unspecified atom stereocenters. The molecule has 0 heterocycles. The molecule has 0 bridgehead atoms. The molecule has 1 saturated carbocycles. The van der Waals surface area contributed by atoms with E-state index in [4.69, 9.17) is 23.2 Å². The van der Waals surface area contributed by atoms with Gasteiger partial charge in [0.15, 0.2) is 0 Å². The smallest absolute Gasteiger partial charge is 0.0637 e. The Labute approximate surface area is 125 Å². The highest BCUT2D eigenvalue weighted by atomic mass is 35.5. The van der Waals surface area contributed by atoms with Gasteiger partial charge in [-0.15, -0.1) is 0 Å². The van der Waals surface area contributed by atoms with Gasteiger partial charge in [0.25, 0.3) is 0 Å². The highest BCUT2D eigenvalue weighted by Crippen LogP contribution is 2.29. The Kier molecular flexibility index (Phi) is 5.96. The molecule has 106 valence electrons. The van der Waals surface area contributed by atoms with E-state index in [0.29, 0.717) is 28.5 Å². The van der Waals surface area contributed by atoms with Crippen LogP contribution in [0.4, 0.5) is 0 Å². The minimum atomic E-state index is 0.310. The van der Waals surface area contributed by atoms with E-state index >= 15 is 0 Å². The largest absolute Gasteiger partial charge is 0.396 e. The van der Waals surface area contributed by atoms with E-state index in [0.717, 1.165) is 25.1 Å². The number of hydrogen-bond acceptors (Lipinski definition) is 2. The molecule has 0 saturated heterocycles. The number of aliphatic hydroxyl groups is 1. The first-order chi connectivity index (χ1) is 9.22. The molecule has 2 atom stereocenters. The first-order valence-corrected chi connectivity index (χ1v) is 7.72. The van der Waals surface area contributed by atoms with Crippen LogP contribution >= 0.6 is 23.2 Å². The molecule has 0 aliphatic heterocycles. The van der Waals surface area contributed by atoms with Crippen LogP contribution in [0.1, 0.15) is 31.2 Å². The maximum Gasteiger partial charge on any atom is 0.0637 e. The molecule has 19 heavy (non-hydrogen) atoms. The van der Waals surface area contributed by atoms with Gasteiger partial charge in [-0.05, 0) is 42.9 Å². The zero-order valence-electron chi connectivity index (χ0n) is 11.0. The van der Waals surface area contributed by atoms with Gasteiger partial charge in [0.1, 0.15) is 0 Å². The molecule has 0 spiro atoms. The summed E-state index contributed by atoms with van der Waals surface area (Å²) in [6.07, 6.45) is 4.89. The van der Waals surface area contributed by atoms with Gasteiger partial charge >= 0.3 is 0 Å². The van der Waals surface area contributed by atoms with E-state index in [9.17, 15) is 5.11 Å². The maximum atomic E-state index is 9.39. The summed E-state index contributed by atoms with van der Waals surface area (Å²) < 4.78 is 0. The zero-order chi connectivity index (χ0) is 13.7. The minimum absolute atomic E-state index is 0.310. The number of aliphatic hydroxyl groups excluding tert-OH is 1. The third-order valence-corrected chi connectivity index (χ3v) is 4.91. The first-order valence-electron chi connectivity index (χ1n) is 6.97. The Morgan fingerprint density at radius 2 is 1.89 bits per heavy atom. The van der Waals surface area contributed by atoms with E-state index in [-0.39, 0.29) is 0 Å². The molecular formula is C15H21Cl2NO. The molecular weight excluding hydrogens is 281 g/mol. The maximum absolute atomic E-state index is 9.39. The van der Waals surface area contributed by atoms with Gasteiger partial charge in [-0.2, -0.15) is 0 Å². The lowest BCUT2D eigenvalue weighted by molar-refractivity contribution is 0.133. The van der Waals surface area contributed by atoms with E-state index in [1.807, 2.05) is 12.1 Å². The van der Waals surface area contributed by atoms with Crippen LogP contribution in [0.25, 0.3) is 0 Å². The molecule has 1 aliphatic rings. The average molecular weight is 302 g/mol. The lowest BCUT2D eigenvalue weighted by Gasteiger charge is -2.30. The van der Waals surface area contributed by atoms with Crippen LogP contribution in [0.5, 0.6) is 0 Å². The van der Waals surface area contributed by atoms with E-state index in [2.05, 4.69) is 5.32 Å². The first kappa shape index (κ1) is 15.1. The second-order valence-corrected chi connectivity index (χ2v) is 6.12. The quantitative estimate of drug-likeness (QED) is 0.865. The second-order valence-electron chi connectivity index (χ2n) is 5.33. The Balaban J connectivity index is 1.84. The molecule has 1 aliphatic carbocycles. The van der Waals surface area contributed by atoms with Crippen molar-refractivity contribution in [1.29, 1.82) is 0 Å². The summed E-state index contributed by atoms with van der Waals surface area (Å²) in [6.45, 7) is 1.98. The van der Waals surface area contributed by atoms with E-state index in [1.165, 1.54) is 19.3 Å². The molecule has 1 fully saturated rings. The number of hydrogen-bond donors (Lipinski definition) is 2. The van der Waals surface area contributed by atoms with Crippen molar-refractivity contribution < 1.29 is 5.11 Å². The van der Waals surface area contributed by atoms with Gasteiger partial charge in [0.2, 0.25) is 0 Å². The van der Waals surface area contributed by atoms with Crippen molar-refractivity contribution in [1.82, 2.24) is 5.32 Å². The van der Waals surface area contributed by atoms with Crippen molar-refractivity contribution in [2.24, 2.45) is 11.8 Å². The summed E-state index contributed by atoms with van der Waals surface area (Å²) in [5.41, 5.74) is 1.03. The summed E-state index contributed by atoms with van der Waals surface area (Å²) in [5, 5.41) is 14.1. The Hall–Kier alpha value is -0.280. The standard InChI is InChI=1S/C15H21Cl2NO/c16-14-7-3-6-12(15(14)17)9-18-8-11-4-1-2-5-13(11)10-19/h3,6-7,11,13,18-19H,1-2,4-5,8-10H2. The van der Waals surface area contributed by atoms with Crippen molar-refractivity contribution >= 4 is 23.2 Å². The fraction of sp³-hybridized carbons (Fsp3) is 0.600. The summed E-state index contributed by atoms with van der Waals surface area (Å²) in [6, 6.07) is 5.71. The molecule has 2 nitrogen and oxygen atoms in total. The van der Waals surface area contributed by atoms with Gasteiger partial charge in [-0.25, -0.2) is 0 Å². The van der Waals surface area contributed by atoms with Gasteiger partial charge in [-0.1, -0.05) is 48.2 Å². The number of halogens is 2. The molecule has 0 aromatic heterocycles. The molecule has 4 heteroatoms. The lowest BCUT2D eigenvalue weighted by atomic mass is 9.79.